The van der Waals surface area contributed by atoms with Crippen LogP contribution in [0.3, 0.4) is 0 Å². The Hall–Kier alpha value is -1.63. The Kier molecular flexibility index (Phi) is 3.20. The van der Waals surface area contributed by atoms with E-state index >= 15 is 0 Å². The normalized spacial score (nSPS) is 17.5. The Morgan fingerprint density at radius 1 is 1.33 bits per heavy atom. The molecule has 0 spiro atoms. The first-order valence-electron chi connectivity index (χ1n) is 6.60. The van der Waals surface area contributed by atoms with Crippen LogP contribution in [0.15, 0.2) is 18.3 Å². The van der Waals surface area contributed by atoms with E-state index in [1.165, 1.54) is 23.6 Å². The summed E-state index contributed by atoms with van der Waals surface area (Å²) >= 11 is 1.28. The van der Waals surface area contributed by atoms with Crippen molar-refractivity contribution in [1.82, 2.24) is 9.97 Å². The number of thiazole rings is 1. The van der Waals surface area contributed by atoms with E-state index in [2.05, 4.69) is 9.97 Å². The number of nitrogens with zero attached hydrogens (tertiary/aromatic N) is 2. The van der Waals surface area contributed by atoms with Crippen LogP contribution in [0, 0.1) is 6.92 Å². The number of aromatic nitrogens is 2. The van der Waals surface area contributed by atoms with Crippen molar-refractivity contribution in [2.75, 3.05) is 5.73 Å². The number of alkyl halides is 3. The Labute approximate surface area is 124 Å². The predicted octanol–water partition coefficient (Wildman–Crippen LogP) is 4.08. The molecule has 1 saturated carbocycles. The maximum absolute atomic E-state index is 13.4. The second-order valence-electron chi connectivity index (χ2n) is 5.33. The number of nitrogens with two attached hydrogens (primary N) is 1. The number of hydrogen-bond acceptors (Lipinski definition) is 4. The summed E-state index contributed by atoms with van der Waals surface area (Å²) in [7, 11) is 0. The van der Waals surface area contributed by atoms with E-state index in [1.54, 1.807) is 13.0 Å². The number of halogens is 3. The van der Waals surface area contributed by atoms with Crippen molar-refractivity contribution >= 4 is 16.5 Å². The van der Waals surface area contributed by atoms with Crippen LogP contribution < -0.4 is 5.73 Å². The smallest absolute Gasteiger partial charge is 0.375 e. The average molecular weight is 313 g/mol. The summed E-state index contributed by atoms with van der Waals surface area (Å²) in [4.78, 5) is 8.91. The molecular weight excluding hydrogens is 299 g/mol. The number of pyridine rings is 1. The molecule has 0 atom stereocenters. The number of rotatable bonds is 2. The van der Waals surface area contributed by atoms with Gasteiger partial charge >= 0.3 is 6.18 Å². The maximum atomic E-state index is 13.4. The van der Waals surface area contributed by atoms with Crippen LogP contribution in [0.4, 0.5) is 18.3 Å². The van der Waals surface area contributed by atoms with E-state index in [4.69, 9.17) is 5.73 Å². The van der Waals surface area contributed by atoms with Crippen LogP contribution in [0.1, 0.15) is 30.7 Å². The fourth-order valence-electron chi connectivity index (χ4n) is 2.73. The van der Waals surface area contributed by atoms with Gasteiger partial charge in [-0.3, -0.25) is 4.98 Å². The second-order valence-corrected chi connectivity index (χ2v) is 6.36. The van der Waals surface area contributed by atoms with Gasteiger partial charge in [-0.1, -0.05) is 17.8 Å². The summed E-state index contributed by atoms with van der Waals surface area (Å²) in [5, 5.41) is 0.412. The number of hydrogen-bond donors (Lipinski definition) is 1. The van der Waals surface area contributed by atoms with Gasteiger partial charge in [-0.15, -0.1) is 0 Å². The molecule has 1 aliphatic rings. The third-order valence-corrected chi connectivity index (χ3v) is 5.11. The zero-order valence-corrected chi connectivity index (χ0v) is 12.2. The molecule has 0 aromatic carbocycles. The lowest BCUT2D eigenvalue weighted by Gasteiger charge is -2.42. The van der Waals surface area contributed by atoms with E-state index in [0.29, 0.717) is 17.1 Å². The molecule has 2 heterocycles. The number of anilines is 1. The summed E-state index contributed by atoms with van der Waals surface area (Å²) < 4.78 is 40.2. The van der Waals surface area contributed by atoms with Crippen molar-refractivity contribution in [2.24, 2.45) is 0 Å². The van der Waals surface area contributed by atoms with Crippen LogP contribution in [0.5, 0.6) is 0 Å². The minimum Gasteiger partial charge on any atom is -0.375 e. The first-order valence-corrected chi connectivity index (χ1v) is 7.42. The Morgan fingerprint density at radius 3 is 2.52 bits per heavy atom. The van der Waals surface area contributed by atoms with Gasteiger partial charge in [0.1, 0.15) is 5.41 Å². The first-order chi connectivity index (χ1) is 9.83. The topological polar surface area (TPSA) is 51.8 Å². The standard InChI is InChI=1S/C14H14F3N3S/c1-8-11(21-12(18)20-8)9-3-6-19-10(7-9)13(4-2-5-13)14(15,16)17/h3,6-7H,2,4-5H2,1H3,(H2,18,20). The summed E-state index contributed by atoms with van der Waals surface area (Å²) in [6, 6.07) is 3.23. The van der Waals surface area contributed by atoms with E-state index in [-0.39, 0.29) is 18.5 Å². The number of aryl methyl sites for hydroxylation is 1. The van der Waals surface area contributed by atoms with E-state index in [0.717, 1.165) is 10.6 Å². The number of nitrogen functional groups attached to an aromatic ring is 1. The first kappa shape index (κ1) is 14.3. The lowest BCUT2D eigenvalue weighted by Crippen LogP contribution is -2.48. The van der Waals surface area contributed by atoms with Gasteiger partial charge in [-0.25, -0.2) is 4.98 Å². The van der Waals surface area contributed by atoms with E-state index in [1.807, 2.05) is 0 Å². The highest BCUT2D eigenvalue weighted by molar-refractivity contribution is 7.18. The average Bonchev–Trinajstić information content (AvgIpc) is 2.65. The third-order valence-electron chi connectivity index (χ3n) is 4.08. The largest absolute Gasteiger partial charge is 0.399 e. The molecule has 0 amide bonds. The quantitative estimate of drug-likeness (QED) is 0.909. The third kappa shape index (κ3) is 2.19. The molecule has 3 nitrogen and oxygen atoms in total. The second kappa shape index (κ2) is 4.69. The molecule has 0 aliphatic heterocycles. The highest BCUT2D eigenvalue weighted by Gasteiger charge is 2.60. The highest BCUT2D eigenvalue weighted by atomic mass is 32.1. The summed E-state index contributed by atoms with van der Waals surface area (Å²) in [5.41, 5.74) is 5.40. The monoisotopic (exact) mass is 313 g/mol. The summed E-state index contributed by atoms with van der Waals surface area (Å²) in [6.07, 6.45) is -2.03. The van der Waals surface area contributed by atoms with Crippen LogP contribution in [-0.4, -0.2) is 16.1 Å². The molecule has 21 heavy (non-hydrogen) atoms. The van der Waals surface area contributed by atoms with Crippen molar-refractivity contribution in [3.8, 4) is 10.4 Å². The van der Waals surface area contributed by atoms with Crippen molar-refractivity contribution in [1.29, 1.82) is 0 Å². The van der Waals surface area contributed by atoms with Crippen molar-refractivity contribution in [2.45, 2.75) is 37.8 Å². The van der Waals surface area contributed by atoms with Gasteiger partial charge in [-0.2, -0.15) is 13.2 Å². The van der Waals surface area contributed by atoms with Gasteiger partial charge < -0.3 is 5.73 Å². The minimum atomic E-state index is -4.27. The van der Waals surface area contributed by atoms with Gasteiger partial charge in [0.05, 0.1) is 16.3 Å². The molecule has 2 aromatic heterocycles. The Balaban J connectivity index is 2.07. The van der Waals surface area contributed by atoms with Gasteiger partial charge in [0.15, 0.2) is 5.13 Å². The van der Waals surface area contributed by atoms with Crippen LogP contribution in [0.2, 0.25) is 0 Å². The fraction of sp³-hybridized carbons (Fsp3) is 0.429. The zero-order valence-electron chi connectivity index (χ0n) is 11.4. The molecule has 3 rings (SSSR count). The molecule has 0 unspecified atom stereocenters. The van der Waals surface area contributed by atoms with Gasteiger partial charge in [-0.05, 0) is 37.5 Å². The van der Waals surface area contributed by atoms with Gasteiger partial charge in [0.2, 0.25) is 0 Å². The SMILES string of the molecule is Cc1nc(N)sc1-c1ccnc(C2(C(F)(F)F)CCC2)c1. The Bertz CT molecular complexity index is 674. The molecule has 2 aromatic rings. The van der Waals surface area contributed by atoms with Gasteiger partial charge in [0, 0.05) is 6.20 Å². The lowest BCUT2D eigenvalue weighted by atomic mass is 9.65. The van der Waals surface area contributed by atoms with Crippen LogP contribution in [-0.2, 0) is 5.41 Å². The molecule has 0 bridgehead atoms. The summed E-state index contributed by atoms with van der Waals surface area (Å²) in [5.74, 6) is 0. The lowest BCUT2D eigenvalue weighted by molar-refractivity contribution is -0.214. The minimum absolute atomic E-state index is 0.102. The molecule has 0 saturated heterocycles. The van der Waals surface area contributed by atoms with Crippen molar-refractivity contribution < 1.29 is 13.2 Å². The Morgan fingerprint density at radius 2 is 2.05 bits per heavy atom. The molecule has 0 radical (unpaired) electrons. The summed E-state index contributed by atoms with van der Waals surface area (Å²) in [6.45, 7) is 1.80. The predicted molar refractivity (Wildman–Crippen MR) is 76.1 cm³/mol. The van der Waals surface area contributed by atoms with Crippen LogP contribution >= 0.6 is 11.3 Å². The molecule has 1 aliphatic carbocycles. The maximum Gasteiger partial charge on any atom is 0.399 e. The molecular formula is C14H14F3N3S. The molecule has 2 N–H and O–H groups in total. The van der Waals surface area contributed by atoms with Gasteiger partial charge in [0.25, 0.3) is 0 Å². The molecule has 1 fully saturated rings. The molecule has 7 heteroatoms. The van der Waals surface area contributed by atoms with Crippen molar-refractivity contribution in [3.63, 3.8) is 0 Å². The fourth-order valence-corrected chi connectivity index (χ4v) is 3.56. The van der Waals surface area contributed by atoms with E-state index in [9.17, 15) is 13.2 Å². The highest BCUT2D eigenvalue weighted by Crippen LogP contribution is 2.54. The zero-order chi connectivity index (χ0) is 15.3. The van der Waals surface area contributed by atoms with E-state index < -0.39 is 11.6 Å². The van der Waals surface area contributed by atoms with Crippen molar-refractivity contribution in [3.05, 3.63) is 29.7 Å². The molecule has 112 valence electrons. The van der Waals surface area contributed by atoms with Crippen LogP contribution in [0.25, 0.3) is 10.4 Å².